The van der Waals surface area contributed by atoms with E-state index in [1.807, 2.05) is 13.8 Å². The lowest BCUT2D eigenvalue weighted by Gasteiger charge is -2.31. The molecule has 0 radical (unpaired) electrons. The molecule has 0 heterocycles. The zero-order valence-corrected chi connectivity index (χ0v) is 14.7. The summed E-state index contributed by atoms with van der Waals surface area (Å²) in [6, 6.07) is 0.983. The summed E-state index contributed by atoms with van der Waals surface area (Å²) in [5, 5.41) is 10.1. The van der Waals surface area contributed by atoms with E-state index < -0.39 is 17.4 Å². The molecule has 1 aromatic rings. The quantitative estimate of drug-likeness (QED) is 0.804. The summed E-state index contributed by atoms with van der Waals surface area (Å²) in [6.07, 6.45) is 0. The van der Waals surface area contributed by atoms with Gasteiger partial charge in [0.25, 0.3) is 0 Å². The number of esters is 1. The van der Waals surface area contributed by atoms with E-state index in [1.165, 1.54) is 7.11 Å². The van der Waals surface area contributed by atoms with Crippen molar-refractivity contribution in [2.75, 3.05) is 7.11 Å². The third-order valence-corrected chi connectivity index (χ3v) is 4.73. The van der Waals surface area contributed by atoms with Crippen LogP contribution in [0.3, 0.4) is 0 Å². The Morgan fingerprint density at radius 2 is 1.95 bits per heavy atom. The van der Waals surface area contributed by atoms with E-state index >= 15 is 0 Å². The van der Waals surface area contributed by atoms with Crippen LogP contribution in [0.15, 0.2) is 10.5 Å². The number of phenols is 1. The van der Waals surface area contributed by atoms with Gasteiger partial charge in [0.05, 0.1) is 12.5 Å². The Morgan fingerprint density at radius 3 is 2.40 bits per heavy atom. The van der Waals surface area contributed by atoms with Crippen molar-refractivity contribution in [1.29, 1.82) is 0 Å². The van der Waals surface area contributed by atoms with Gasteiger partial charge in [0.2, 0.25) is 0 Å². The molecule has 0 aliphatic heterocycles. The number of carbonyl (C=O) groups is 1. The topological polar surface area (TPSA) is 72.5 Å². The number of hydrogen-bond donors (Lipinski definition) is 2. The first-order valence-corrected chi connectivity index (χ1v) is 6.76. The molecule has 1 rings (SSSR count). The lowest BCUT2D eigenvalue weighted by molar-refractivity contribution is -0.152. The number of aromatic hydroxyl groups is 1. The number of benzene rings is 1. The molecule has 20 heavy (non-hydrogen) atoms. The first kappa shape index (κ1) is 19.2. The standard InChI is InChI=1S/C14H20BrNO3.ClH/c1-7-6-9(17)10(8(2)11(7)15)12(16)14(3,4)13(18)19-5;/h6,12,17H,16H2,1-5H3;1H/t12-;/m1./s1. The van der Waals surface area contributed by atoms with Gasteiger partial charge in [0.15, 0.2) is 0 Å². The van der Waals surface area contributed by atoms with Gasteiger partial charge in [-0.25, -0.2) is 0 Å². The second-order valence-corrected chi connectivity index (χ2v) is 6.05. The normalized spacial score (nSPS) is 12.6. The van der Waals surface area contributed by atoms with E-state index in [1.54, 1.807) is 19.9 Å². The minimum Gasteiger partial charge on any atom is -0.508 e. The van der Waals surface area contributed by atoms with Gasteiger partial charge in [0, 0.05) is 16.1 Å². The van der Waals surface area contributed by atoms with Gasteiger partial charge >= 0.3 is 5.97 Å². The smallest absolute Gasteiger partial charge is 0.313 e. The van der Waals surface area contributed by atoms with Crippen molar-refractivity contribution >= 4 is 34.3 Å². The highest BCUT2D eigenvalue weighted by atomic mass is 79.9. The number of phenolic OH excluding ortho intramolecular Hbond substituents is 1. The maximum atomic E-state index is 11.8. The summed E-state index contributed by atoms with van der Waals surface area (Å²) >= 11 is 3.47. The highest BCUT2D eigenvalue weighted by molar-refractivity contribution is 9.10. The molecule has 0 saturated heterocycles. The largest absolute Gasteiger partial charge is 0.508 e. The fraction of sp³-hybridized carbons (Fsp3) is 0.500. The molecule has 1 atom stereocenters. The second-order valence-electron chi connectivity index (χ2n) is 5.26. The van der Waals surface area contributed by atoms with Crippen LogP contribution in [0, 0.1) is 19.3 Å². The maximum absolute atomic E-state index is 11.8. The van der Waals surface area contributed by atoms with Gasteiger partial charge in [-0.3, -0.25) is 4.79 Å². The number of methoxy groups -OCH3 is 1. The van der Waals surface area contributed by atoms with E-state index in [0.717, 1.165) is 15.6 Å². The van der Waals surface area contributed by atoms with E-state index in [2.05, 4.69) is 15.9 Å². The summed E-state index contributed by atoms with van der Waals surface area (Å²) < 4.78 is 5.66. The zero-order valence-electron chi connectivity index (χ0n) is 12.3. The molecule has 3 N–H and O–H groups in total. The molecule has 0 fully saturated rings. The number of hydrogen-bond acceptors (Lipinski definition) is 4. The summed E-state index contributed by atoms with van der Waals surface area (Å²) in [4.78, 5) is 11.8. The summed E-state index contributed by atoms with van der Waals surface area (Å²) in [5.41, 5.74) is 7.58. The molecule has 4 nitrogen and oxygen atoms in total. The molecule has 0 saturated carbocycles. The molecule has 6 heteroatoms. The molecule has 0 aromatic heterocycles. The Bertz CT molecular complexity index is 518. The number of halogens is 2. The molecule has 114 valence electrons. The predicted octanol–water partition coefficient (Wildman–Crippen LogP) is 3.39. The van der Waals surface area contributed by atoms with Gasteiger partial charge in [-0.1, -0.05) is 15.9 Å². The molecular formula is C14H21BrClNO3. The average Bonchev–Trinajstić information content (AvgIpc) is 2.34. The Balaban J connectivity index is 0.00000361. The summed E-state index contributed by atoms with van der Waals surface area (Å²) in [5.74, 6) is -0.307. The van der Waals surface area contributed by atoms with Crippen LogP contribution in [-0.2, 0) is 9.53 Å². The fourth-order valence-electron chi connectivity index (χ4n) is 2.10. The molecule has 0 spiro atoms. The van der Waals surface area contributed by atoms with Crippen LogP contribution in [0.4, 0.5) is 0 Å². The lowest BCUT2D eigenvalue weighted by atomic mass is 9.79. The van der Waals surface area contributed by atoms with Crippen molar-refractivity contribution in [3.05, 3.63) is 27.2 Å². The zero-order chi connectivity index (χ0) is 15.0. The van der Waals surface area contributed by atoms with Crippen LogP contribution in [0.5, 0.6) is 5.75 Å². The molecule has 0 aliphatic rings. The van der Waals surface area contributed by atoms with Gasteiger partial charge in [0.1, 0.15) is 5.75 Å². The van der Waals surface area contributed by atoms with Gasteiger partial charge in [-0.15, -0.1) is 12.4 Å². The van der Waals surface area contributed by atoms with Crippen molar-refractivity contribution in [2.24, 2.45) is 11.1 Å². The third-order valence-electron chi connectivity index (χ3n) is 3.51. The molecule has 0 bridgehead atoms. The van der Waals surface area contributed by atoms with Gasteiger partial charge in [-0.2, -0.15) is 0 Å². The molecule has 1 aromatic carbocycles. The van der Waals surface area contributed by atoms with Gasteiger partial charge in [-0.05, 0) is 44.9 Å². The van der Waals surface area contributed by atoms with Crippen molar-refractivity contribution in [3.63, 3.8) is 0 Å². The van der Waals surface area contributed by atoms with E-state index in [-0.39, 0.29) is 18.2 Å². The number of ether oxygens (including phenoxy) is 1. The molecule has 0 unspecified atom stereocenters. The Labute approximate surface area is 134 Å². The van der Waals surface area contributed by atoms with Crippen LogP contribution in [-0.4, -0.2) is 18.2 Å². The SMILES string of the molecule is COC(=O)C(C)(C)[C@H](N)c1c(O)cc(C)c(Br)c1C.Cl. The lowest BCUT2D eigenvalue weighted by Crippen LogP contribution is -2.37. The van der Waals surface area contributed by atoms with Crippen molar-refractivity contribution in [3.8, 4) is 5.75 Å². The van der Waals surface area contributed by atoms with Crippen LogP contribution in [0.1, 0.15) is 36.6 Å². The van der Waals surface area contributed by atoms with Crippen molar-refractivity contribution < 1.29 is 14.6 Å². The third kappa shape index (κ3) is 3.27. The van der Waals surface area contributed by atoms with Crippen LogP contribution < -0.4 is 5.73 Å². The number of aryl methyl sites for hydroxylation is 1. The highest BCUT2D eigenvalue weighted by Crippen LogP contribution is 2.41. The maximum Gasteiger partial charge on any atom is 0.313 e. The fourth-order valence-corrected chi connectivity index (χ4v) is 2.42. The van der Waals surface area contributed by atoms with Crippen molar-refractivity contribution in [1.82, 2.24) is 0 Å². The number of rotatable bonds is 3. The summed E-state index contributed by atoms with van der Waals surface area (Å²) in [7, 11) is 1.33. The van der Waals surface area contributed by atoms with Crippen LogP contribution in [0.25, 0.3) is 0 Å². The number of carbonyl (C=O) groups excluding carboxylic acids is 1. The Morgan fingerprint density at radius 1 is 1.45 bits per heavy atom. The highest BCUT2D eigenvalue weighted by Gasteiger charge is 2.38. The van der Waals surface area contributed by atoms with E-state index in [9.17, 15) is 9.90 Å². The van der Waals surface area contributed by atoms with Crippen LogP contribution in [0.2, 0.25) is 0 Å². The minimum atomic E-state index is -0.925. The van der Waals surface area contributed by atoms with E-state index in [0.29, 0.717) is 5.56 Å². The molecule has 0 aliphatic carbocycles. The Hall–Kier alpha value is -0.780. The summed E-state index contributed by atoms with van der Waals surface area (Å²) in [6.45, 7) is 7.16. The number of nitrogens with two attached hydrogens (primary N) is 1. The van der Waals surface area contributed by atoms with Crippen LogP contribution >= 0.6 is 28.3 Å². The van der Waals surface area contributed by atoms with E-state index in [4.69, 9.17) is 10.5 Å². The monoisotopic (exact) mass is 365 g/mol. The minimum absolute atomic E-state index is 0. The first-order chi connectivity index (χ1) is 8.64. The molecular weight excluding hydrogens is 346 g/mol. The van der Waals surface area contributed by atoms with Gasteiger partial charge < -0.3 is 15.6 Å². The predicted molar refractivity (Wildman–Crippen MR) is 85.3 cm³/mol. The second kappa shape index (κ2) is 6.78. The van der Waals surface area contributed by atoms with Crippen molar-refractivity contribution in [2.45, 2.75) is 33.7 Å². The Kier molecular flexibility index (Phi) is 6.52. The first-order valence-electron chi connectivity index (χ1n) is 5.97. The average molecular weight is 367 g/mol. The molecule has 0 amide bonds.